The zero-order valence-electron chi connectivity index (χ0n) is 17.9. The number of likely N-dealkylation sites (N-methyl/N-ethyl adjacent to an activating group) is 1. The predicted molar refractivity (Wildman–Crippen MR) is 116 cm³/mol. The van der Waals surface area contributed by atoms with Crippen molar-refractivity contribution in [1.82, 2.24) is 10.2 Å². The van der Waals surface area contributed by atoms with Gasteiger partial charge in [0.15, 0.2) is 0 Å². The van der Waals surface area contributed by atoms with Crippen molar-refractivity contribution < 1.29 is 14.3 Å². The fraction of sp³-hybridized carbons (Fsp3) is 0.417. The molecular formula is C24H32N2O3. The Morgan fingerprint density at radius 2 is 1.55 bits per heavy atom. The molecule has 2 aromatic carbocycles. The van der Waals surface area contributed by atoms with Crippen molar-refractivity contribution >= 4 is 11.8 Å². The summed E-state index contributed by atoms with van der Waals surface area (Å²) in [6.45, 7) is 6.70. The van der Waals surface area contributed by atoms with Crippen molar-refractivity contribution in [2.45, 2.75) is 52.6 Å². The van der Waals surface area contributed by atoms with Crippen LogP contribution in [0, 0.1) is 0 Å². The number of methoxy groups -OCH3 is 1. The van der Waals surface area contributed by atoms with Gasteiger partial charge in [-0.25, -0.2) is 0 Å². The Hall–Kier alpha value is -2.82. The molecule has 0 aliphatic rings. The second kappa shape index (κ2) is 11.2. The van der Waals surface area contributed by atoms with Crippen molar-refractivity contribution in [3.63, 3.8) is 0 Å². The van der Waals surface area contributed by atoms with E-state index in [2.05, 4.69) is 36.5 Å². The highest BCUT2D eigenvalue weighted by molar-refractivity contribution is 5.87. The molecule has 156 valence electrons. The monoisotopic (exact) mass is 396 g/mol. The largest absolute Gasteiger partial charge is 0.497 e. The van der Waals surface area contributed by atoms with E-state index in [1.165, 1.54) is 5.56 Å². The standard InChI is InChI=1S/C24H32N2O3/c1-5-19-7-9-20(10-8-19)13-16-23(27)26(18(3)24(28)25-6-2)17-21-11-14-22(29-4)15-12-21/h7-12,14-15,18H,5-6,13,16-17H2,1-4H3,(H,25,28). The highest BCUT2D eigenvalue weighted by Crippen LogP contribution is 2.16. The number of hydrogen-bond acceptors (Lipinski definition) is 3. The van der Waals surface area contributed by atoms with E-state index in [4.69, 9.17) is 4.74 Å². The molecule has 0 aliphatic carbocycles. The minimum Gasteiger partial charge on any atom is -0.497 e. The van der Waals surface area contributed by atoms with Gasteiger partial charge in [-0.15, -0.1) is 0 Å². The number of nitrogens with zero attached hydrogens (tertiary/aromatic N) is 1. The van der Waals surface area contributed by atoms with Crippen LogP contribution in [0.4, 0.5) is 0 Å². The second-order valence-corrected chi connectivity index (χ2v) is 7.11. The van der Waals surface area contributed by atoms with Gasteiger partial charge in [0.2, 0.25) is 11.8 Å². The van der Waals surface area contributed by atoms with Gasteiger partial charge in [-0.2, -0.15) is 0 Å². The van der Waals surface area contributed by atoms with E-state index in [0.29, 0.717) is 25.9 Å². The number of amides is 2. The van der Waals surface area contributed by atoms with Crippen LogP contribution in [0.1, 0.15) is 43.9 Å². The Morgan fingerprint density at radius 3 is 2.10 bits per heavy atom. The van der Waals surface area contributed by atoms with Crippen molar-refractivity contribution in [1.29, 1.82) is 0 Å². The van der Waals surface area contributed by atoms with Crippen molar-refractivity contribution in [3.8, 4) is 5.75 Å². The first-order valence-corrected chi connectivity index (χ1v) is 10.3. The van der Waals surface area contributed by atoms with Crippen LogP contribution in [0.5, 0.6) is 5.75 Å². The van der Waals surface area contributed by atoms with Gasteiger partial charge >= 0.3 is 0 Å². The van der Waals surface area contributed by atoms with Crippen LogP contribution in [-0.2, 0) is 29.0 Å². The normalized spacial score (nSPS) is 11.6. The quantitative estimate of drug-likeness (QED) is 0.665. The van der Waals surface area contributed by atoms with Gasteiger partial charge in [-0.3, -0.25) is 9.59 Å². The van der Waals surface area contributed by atoms with E-state index in [0.717, 1.165) is 23.3 Å². The Bertz CT molecular complexity index is 785. The predicted octanol–water partition coefficient (Wildman–Crippen LogP) is 3.74. The molecule has 0 saturated heterocycles. The summed E-state index contributed by atoms with van der Waals surface area (Å²) in [5.74, 6) is 0.597. The third-order valence-corrected chi connectivity index (χ3v) is 5.09. The molecule has 1 unspecified atom stereocenters. The number of rotatable bonds is 10. The van der Waals surface area contributed by atoms with Crippen LogP contribution in [0.15, 0.2) is 48.5 Å². The van der Waals surface area contributed by atoms with Crippen LogP contribution < -0.4 is 10.1 Å². The number of hydrogen-bond donors (Lipinski definition) is 1. The van der Waals surface area contributed by atoms with E-state index in [9.17, 15) is 9.59 Å². The summed E-state index contributed by atoms with van der Waals surface area (Å²) in [5.41, 5.74) is 3.37. The lowest BCUT2D eigenvalue weighted by molar-refractivity contribution is -0.140. The zero-order valence-corrected chi connectivity index (χ0v) is 17.9. The first kappa shape index (κ1) is 22.5. The first-order chi connectivity index (χ1) is 14.0. The highest BCUT2D eigenvalue weighted by atomic mass is 16.5. The maximum atomic E-state index is 13.0. The molecule has 5 nitrogen and oxygen atoms in total. The van der Waals surface area contributed by atoms with Crippen LogP contribution >= 0.6 is 0 Å². The molecule has 0 aromatic heterocycles. The van der Waals surface area contributed by atoms with E-state index >= 15 is 0 Å². The summed E-state index contributed by atoms with van der Waals surface area (Å²) in [6.07, 6.45) is 2.02. The van der Waals surface area contributed by atoms with Gasteiger partial charge in [0.1, 0.15) is 11.8 Å². The molecule has 0 fully saturated rings. The lowest BCUT2D eigenvalue weighted by Gasteiger charge is -2.29. The van der Waals surface area contributed by atoms with Crippen LogP contribution in [0.2, 0.25) is 0 Å². The number of ether oxygens (including phenoxy) is 1. The van der Waals surface area contributed by atoms with Crippen LogP contribution in [0.25, 0.3) is 0 Å². The van der Waals surface area contributed by atoms with Gasteiger partial charge in [0, 0.05) is 19.5 Å². The molecule has 5 heteroatoms. The first-order valence-electron chi connectivity index (χ1n) is 10.3. The molecule has 29 heavy (non-hydrogen) atoms. The van der Waals surface area contributed by atoms with E-state index in [1.807, 2.05) is 31.2 Å². The van der Waals surface area contributed by atoms with Gasteiger partial charge in [-0.05, 0) is 55.5 Å². The van der Waals surface area contributed by atoms with Crippen LogP contribution in [0.3, 0.4) is 0 Å². The third kappa shape index (κ3) is 6.63. The molecule has 0 heterocycles. The molecule has 2 amide bonds. The molecule has 0 spiro atoms. The highest BCUT2D eigenvalue weighted by Gasteiger charge is 2.25. The smallest absolute Gasteiger partial charge is 0.242 e. The molecule has 0 bridgehead atoms. The maximum Gasteiger partial charge on any atom is 0.242 e. The SMILES string of the molecule is CCNC(=O)C(C)N(Cc1ccc(OC)cc1)C(=O)CCc1ccc(CC)cc1. The Kier molecular flexibility index (Phi) is 8.71. The molecule has 1 N–H and O–H groups in total. The average Bonchev–Trinajstić information content (AvgIpc) is 2.76. The number of carbonyl (C=O) groups is 2. The van der Waals surface area contributed by atoms with Crippen molar-refractivity contribution in [2.24, 2.45) is 0 Å². The molecule has 0 saturated carbocycles. The molecule has 0 radical (unpaired) electrons. The summed E-state index contributed by atoms with van der Waals surface area (Å²) in [5, 5.41) is 2.82. The summed E-state index contributed by atoms with van der Waals surface area (Å²) in [6, 6.07) is 15.4. The van der Waals surface area contributed by atoms with Crippen molar-refractivity contribution in [3.05, 3.63) is 65.2 Å². The molecule has 1 atom stereocenters. The van der Waals surface area contributed by atoms with Crippen molar-refractivity contribution in [2.75, 3.05) is 13.7 Å². The topological polar surface area (TPSA) is 58.6 Å². The summed E-state index contributed by atoms with van der Waals surface area (Å²) in [4.78, 5) is 27.1. The Morgan fingerprint density at radius 1 is 0.966 bits per heavy atom. The number of carbonyl (C=O) groups excluding carboxylic acids is 2. The van der Waals surface area contributed by atoms with Gasteiger partial charge in [0.05, 0.1) is 7.11 Å². The van der Waals surface area contributed by atoms with Gasteiger partial charge in [-0.1, -0.05) is 43.3 Å². The Balaban J connectivity index is 2.10. The number of nitrogens with one attached hydrogen (secondary N) is 1. The van der Waals surface area contributed by atoms with E-state index in [1.54, 1.807) is 18.9 Å². The fourth-order valence-corrected chi connectivity index (χ4v) is 3.17. The third-order valence-electron chi connectivity index (χ3n) is 5.09. The zero-order chi connectivity index (χ0) is 21.2. The molecular weight excluding hydrogens is 364 g/mol. The summed E-state index contributed by atoms with van der Waals surface area (Å²) in [7, 11) is 1.62. The molecule has 2 rings (SSSR count). The summed E-state index contributed by atoms with van der Waals surface area (Å²) < 4.78 is 5.20. The number of benzene rings is 2. The maximum absolute atomic E-state index is 13.0. The lowest BCUT2D eigenvalue weighted by atomic mass is 10.0. The second-order valence-electron chi connectivity index (χ2n) is 7.11. The van der Waals surface area contributed by atoms with E-state index in [-0.39, 0.29) is 11.8 Å². The Labute approximate surface area is 174 Å². The lowest BCUT2D eigenvalue weighted by Crippen LogP contribution is -2.47. The molecule has 2 aromatic rings. The minimum atomic E-state index is -0.535. The number of aryl methyl sites for hydroxylation is 2. The minimum absolute atomic E-state index is 0.0286. The van der Waals surface area contributed by atoms with Gasteiger partial charge in [0.25, 0.3) is 0 Å². The summed E-state index contributed by atoms with van der Waals surface area (Å²) >= 11 is 0. The van der Waals surface area contributed by atoms with Gasteiger partial charge < -0.3 is 15.0 Å². The van der Waals surface area contributed by atoms with E-state index < -0.39 is 6.04 Å². The molecule has 0 aliphatic heterocycles. The van der Waals surface area contributed by atoms with Crippen LogP contribution in [-0.4, -0.2) is 36.4 Å². The average molecular weight is 397 g/mol. The fourth-order valence-electron chi connectivity index (χ4n) is 3.17.